The minimum atomic E-state index is -4.34. The Labute approximate surface area is 123 Å². The van der Waals surface area contributed by atoms with E-state index in [0.717, 1.165) is 0 Å². The molecule has 0 atom stereocenters. The van der Waals surface area contributed by atoms with Gasteiger partial charge in [0.15, 0.2) is 5.65 Å². The van der Waals surface area contributed by atoms with E-state index >= 15 is 0 Å². The first-order valence-electron chi connectivity index (χ1n) is 6.05. The molecule has 0 saturated carbocycles. The number of alkyl halides is 4. The number of ether oxygens (including phenoxy) is 2. The minimum absolute atomic E-state index is 0.117. The molecule has 0 amide bonds. The fourth-order valence-corrected chi connectivity index (χ4v) is 2.03. The number of rotatable bonds is 6. The van der Waals surface area contributed by atoms with Gasteiger partial charge < -0.3 is 14.0 Å². The SMILES string of the molecule is COc1ccc2nc(CCl)n(CCOCC(F)(F)F)c2n1. The van der Waals surface area contributed by atoms with Gasteiger partial charge in [0.25, 0.3) is 0 Å². The summed E-state index contributed by atoms with van der Waals surface area (Å²) in [6.07, 6.45) is -4.34. The van der Waals surface area contributed by atoms with E-state index in [9.17, 15) is 13.2 Å². The summed E-state index contributed by atoms with van der Waals surface area (Å²) in [5.74, 6) is 1.03. The van der Waals surface area contributed by atoms with Crippen molar-refractivity contribution in [3.8, 4) is 5.88 Å². The molecule has 0 aliphatic heterocycles. The molecule has 2 aromatic rings. The zero-order chi connectivity index (χ0) is 15.5. The highest BCUT2D eigenvalue weighted by Crippen LogP contribution is 2.19. The third kappa shape index (κ3) is 3.98. The summed E-state index contributed by atoms with van der Waals surface area (Å²) in [5, 5.41) is 0. The van der Waals surface area contributed by atoms with Crippen LogP contribution in [0.5, 0.6) is 5.88 Å². The molecule has 2 heterocycles. The predicted octanol–water partition coefficient (Wildman–Crippen LogP) is 2.76. The van der Waals surface area contributed by atoms with E-state index in [1.165, 1.54) is 7.11 Å². The van der Waals surface area contributed by atoms with E-state index in [-0.39, 0.29) is 19.0 Å². The number of fused-ring (bicyclic) bond motifs is 1. The number of aromatic nitrogens is 3. The van der Waals surface area contributed by atoms with Crippen molar-refractivity contribution in [1.82, 2.24) is 14.5 Å². The van der Waals surface area contributed by atoms with Crippen LogP contribution in [0.4, 0.5) is 13.2 Å². The van der Waals surface area contributed by atoms with E-state index in [1.807, 2.05) is 0 Å². The molecule has 116 valence electrons. The molecule has 0 aliphatic carbocycles. The highest BCUT2D eigenvalue weighted by Gasteiger charge is 2.27. The van der Waals surface area contributed by atoms with Crippen LogP contribution in [0.2, 0.25) is 0 Å². The molecule has 21 heavy (non-hydrogen) atoms. The molecule has 2 rings (SSSR count). The molecule has 0 aliphatic rings. The van der Waals surface area contributed by atoms with Crippen LogP contribution in [0.25, 0.3) is 11.2 Å². The van der Waals surface area contributed by atoms with Crippen LogP contribution in [-0.2, 0) is 17.2 Å². The first-order chi connectivity index (χ1) is 9.94. The lowest BCUT2D eigenvalue weighted by Crippen LogP contribution is -2.19. The molecular weight excluding hydrogens is 311 g/mol. The van der Waals surface area contributed by atoms with Gasteiger partial charge in [-0.05, 0) is 6.07 Å². The Morgan fingerprint density at radius 1 is 1.29 bits per heavy atom. The van der Waals surface area contributed by atoms with Crippen molar-refractivity contribution in [1.29, 1.82) is 0 Å². The van der Waals surface area contributed by atoms with Gasteiger partial charge in [-0.3, -0.25) is 0 Å². The lowest BCUT2D eigenvalue weighted by molar-refractivity contribution is -0.174. The second-order valence-corrected chi connectivity index (χ2v) is 4.44. The van der Waals surface area contributed by atoms with Gasteiger partial charge in [-0.15, -0.1) is 11.6 Å². The normalized spacial score (nSPS) is 12.0. The second kappa shape index (κ2) is 6.48. The lowest BCUT2D eigenvalue weighted by atomic mass is 10.4. The molecule has 0 saturated heterocycles. The Morgan fingerprint density at radius 3 is 2.67 bits per heavy atom. The van der Waals surface area contributed by atoms with Gasteiger partial charge in [0.1, 0.15) is 17.9 Å². The van der Waals surface area contributed by atoms with Crippen LogP contribution in [0, 0.1) is 0 Å². The maximum absolute atomic E-state index is 12.0. The van der Waals surface area contributed by atoms with Crippen molar-refractivity contribution in [3.05, 3.63) is 18.0 Å². The maximum Gasteiger partial charge on any atom is 0.411 e. The third-order valence-corrected chi connectivity index (χ3v) is 2.94. The van der Waals surface area contributed by atoms with Crippen molar-refractivity contribution >= 4 is 22.8 Å². The number of halogens is 4. The standard InChI is InChI=1S/C12H13ClF3N3O2/c1-20-10-3-2-8-11(18-10)19(9(6-13)17-8)4-5-21-7-12(14,15)16/h2-3H,4-7H2,1H3. The number of methoxy groups -OCH3 is 1. The van der Waals surface area contributed by atoms with E-state index in [4.69, 9.17) is 16.3 Å². The fourth-order valence-electron chi connectivity index (χ4n) is 1.83. The van der Waals surface area contributed by atoms with E-state index < -0.39 is 12.8 Å². The topological polar surface area (TPSA) is 49.2 Å². The number of hydrogen-bond donors (Lipinski definition) is 0. The molecule has 2 aromatic heterocycles. The number of nitrogens with zero attached hydrogens (tertiary/aromatic N) is 3. The van der Waals surface area contributed by atoms with Crippen LogP contribution in [0.15, 0.2) is 12.1 Å². The van der Waals surface area contributed by atoms with Crippen molar-refractivity contribution in [2.24, 2.45) is 0 Å². The van der Waals surface area contributed by atoms with Crippen molar-refractivity contribution in [2.45, 2.75) is 18.6 Å². The monoisotopic (exact) mass is 323 g/mol. The van der Waals surface area contributed by atoms with Crippen LogP contribution >= 0.6 is 11.6 Å². The van der Waals surface area contributed by atoms with Crippen molar-refractivity contribution < 1.29 is 22.6 Å². The molecule has 0 bridgehead atoms. The predicted molar refractivity (Wildman–Crippen MR) is 70.5 cm³/mol. The number of pyridine rings is 1. The molecule has 0 spiro atoms. The quantitative estimate of drug-likeness (QED) is 0.606. The summed E-state index contributed by atoms with van der Waals surface area (Å²) < 4.78 is 47.3. The zero-order valence-corrected chi connectivity index (χ0v) is 11.9. The summed E-state index contributed by atoms with van der Waals surface area (Å²) in [5.41, 5.74) is 1.10. The van der Waals surface area contributed by atoms with E-state index in [1.54, 1.807) is 16.7 Å². The van der Waals surface area contributed by atoms with Crippen molar-refractivity contribution in [3.63, 3.8) is 0 Å². The molecule has 5 nitrogen and oxygen atoms in total. The molecule has 0 unspecified atom stereocenters. The van der Waals surface area contributed by atoms with Gasteiger partial charge in [-0.25, -0.2) is 4.98 Å². The van der Waals surface area contributed by atoms with Gasteiger partial charge in [0, 0.05) is 12.6 Å². The van der Waals surface area contributed by atoms with Crippen LogP contribution in [-0.4, -0.2) is 41.0 Å². The van der Waals surface area contributed by atoms with Gasteiger partial charge in [-0.2, -0.15) is 18.2 Å². The molecule has 0 fully saturated rings. The zero-order valence-electron chi connectivity index (χ0n) is 11.2. The first-order valence-corrected chi connectivity index (χ1v) is 6.58. The van der Waals surface area contributed by atoms with E-state index in [2.05, 4.69) is 14.7 Å². The Bertz CT molecular complexity index is 616. The molecule has 0 N–H and O–H groups in total. The summed E-state index contributed by atoms with van der Waals surface area (Å²) in [4.78, 5) is 8.50. The molecule has 0 radical (unpaired) electrons. The van der Waals surface area contributed by atoms with Gasteiger partial charge >= 0.3 is 6.18 Å². The lowest BCUT2D eigenvalue weighted by Gasteiger charge is -2.10. The number of imidazole rings is 1. The molecular formula is C12H13ClF3N3O2. The maximum atomic E-state index is 12.0. The third-order valence-electron chi connectivity index (χ3n) is 2.70. The minimum Gasteiger partial charge on any atom is -0.481 e. The average molecular weight is 324 g/mol. The smallest absolute Gasteiger partial charge is 0.411 e. The Balaban J connectivity index is 2.16. The highest BCUT2D eigenvalue weighted by atomic mass is 35.5. The first kappa shape index (κ1) is 15.8. The summed E-state index contributed by atoms with van der Waals surface area (Å²) in [7, 11) is 1.48. The summed E-state index contributed by atoms with van der Waals surface area (Å²) in [6, 6.07) is 3.36. The van der Waals surface area contributed by atoms with Crippen LogP contribution in [0.1, 0.15) is 5.82 Å². The van der Waals surface area contributed by atoms with Gasteiger partial charge in [0.05, 0.1) is 19.6 Å². The van der Waals surface area contributed by atoms with E-state index in [0.29, 0.717) is 22.9 Å². The average Bonchev–Trinajstić information content (AvgIpc) is 2.79. The Morgan fingerprint density at radius 2 is 2.05 bits per heavy atom. The summed E-state index contributed by atoms with van der Waals surface area (Å²) in [6.45, 7) is -1.23. The van der Waals surface area contributed by atoms with Gasteiger partial charge in [-0.1, -0.05) is 0 Å². The van der Waals surface area contributed by atoms with Gasteiger partial charge in [0.2, 0.25) is 5.88 Å². The second-order valence-electron chi connectivity index (χ2n) is 4.18. The van der Waals surface area contributed by atoms with Crippen LogP contribution < -0.4 is 4.74 Å². The Kier molecular flexibility index (Phi) is 4.89. The molecule has 0 aromatic carbocycles. The fraction of sp³-hybridized carbons (Fsp3) is 0.500. The Hall–Kier alpha value is -1.54. The molecule has 9 heteroatoms. The highest BCUT2D eigenvalue weighted by molar-refractivity contribution is 6.16. The summed E-state index contributed by atoms with van der Waals surface area (Å²) >= 11 is 5.80. The van der Waals surface area contributed by atoms with Crippen LogP contribution in [0.3, 0.4) is 0 Å². The number of hydrogen-bond acceptors (Lipinski definition) is 4. The van der Waals surface area contributed by atoms with Crippen molar-refractivity contribution in [2.75, 3.05) is 20.3 Å². The largest absolute Gasteiger partial charge is 0.481 e.